The molecule has 14 heavy (non-hydrogen) atoms. The van der Waals surface area contributed by atoms with Crippen LogP contribution in [-0.2, 0) is 4.74 Å². The molecule has 0 saturated heterocycles. The SMILES string of the molecule is CC(C)CCC[C@@H](C)CCOCCO. The van der Waals surface area contributed by atoms with E-state index in [4.69, 9.17) is 9.84 Å². The number of hydrogen-bond donors (Lipinski definition) is 1. The molecule has 2 nitrogen and oxygen atoms in total. The number of rotatable bonds is 9. The van der Waals surface area contributed by atoms with Crippen LogP contribution in [0.3, 0.4) is 0 Å². The molecule has 1 atom stereocenters. The first-order valence-corrected chi connectivity index (χ1v) is 5.85. The molecule has 0 bridgehead atoms. The molecule has 0 radical (unpaired) electrons. The quantitative estimate of drug-likeness (QED) is 0.583. The zero-order chi connectivity index (χ0) is 10.8. The van der Waals surface area contributed by atoms with Gasteiger partial charge in [0.25, 0.3) is 0 Å². The Morgan fingerprint density at radius 2 is 1.71 bits per heavy atom. The third kappa shape index (κ3) is 10.0. The summed E-state index contributed by atoms with van der Waals surface area (Å²) in [5.74, 6) is 1.58. The van der Waals surface area contributed by atoms with Gasteiger partial charge < -0.3 is 9.84 Å². The van der Waals surface area contributed by atoms with Gasteiger partial charge >= 0.3 is 0 Å². The van der Waals surface area contributed by atoms with Gasteiger partial charge in [-0.1, -0.05) is 40.0 Å². The third-order valence-electron chi connectivity index (χ3n) is 2.47. The van der Waals surface area contributed by atoms with Crippen molar-refractivity contribution in [1.29, 1.82) is 0 Å². The van der Waals surface area contributed by atoms with Crippen molar-refractivity contribution in [2.24, 2.45) is 11.8 Å². The van der Waals surface area contributed by atoms with Crippen LogP contribution in [-0.4, -0.2) is 24.9 Å². The molecule has 0 spiro atoms. The predicted molar refractivity (Wildman–Crippen MR) is 60.4 cm³/mol. The Morgan fingerprint density at radius 3 is 2.29 bits per heavy atom. The third-order valence-corrected chi connectivity index (χ3v) is 2.47. The fourth-order valence-corrected chi connectivity index (χ4v) is 1.47. The summed E-state index contributed by atoms with van der Waals surface area (Å²) < 4.78 is 5.23. The van der Waals surface area contributed by atoms with Crippen molar-refractivity contribution in [3.05, 3.63) is 0 Å². The standard InChI is InChI=1S/C12H26O2/c1-11(2)5-4-6-12(3)7-9-14-10-8-13/h11-13H,4-10H2,1-3H3/t12-/m1/s1. The van der Waals surface area contributed by atoms with Gasteiger partial charge in [-0.2, -0.15) is 0 Å². The second-order valence-corrected chi connectivity index (χ2v) is 4.55. The Balaban J connectivity index is 3.15. The fourth-order valence-electron chi connectivity index (χ4n) is 1.47. The van der Waals surface area contributed by atoms with E-state index in [1.54, 1.807) is 0 Å². The summed E-state index contributed by atoms with van der Waals surface area (Å²) in [4.78, 5) is 0. The van der Waals surface area contributed by atoms with E-state index < -0.39 is 0 Å². The van der Waals surface area contributed by atoms with Crippen LogP contribution in [0.5, 0.6) is 0 Å². The second kappa shape index (κ2) is 9.47. The lowest BCUT2D eigenvalue weighted by atomic mass is 9.98. The van der Waals surface area contributed by atoms with Crippen molar-refractivity contribution in [2.45, 2.75) is 46.5 Å². The molecule has 0 aromatic carbocycles. The van der Waals surface area contributed by atoms with Crippen LogP contribution < -0.4 is 0 Å². The van der Waals surface area contributed by atoms with Crippen LogP contribution >= 0.6 is 0 Å². The second-order valence-electron chi connectivity index (χ2n) is 4.55. The average molecular weight is 202 g/mol. The van der Waals surface area contributed by atoms with E-state index in [2.05, 4.69) is 20.8 Å². The molecule has 0 fully saturated rings. The van der Waals surface area contributed by atoms with Crippen molar-refractivity contribution >= 4 is 0 Å². The number of aliphatic hydroxyl groups excluding tert-OH is 1. The van der Waals surface area contributed by atoms with E-state index in [0.717, 1.165) is 24.9 Å². The van der Waals surface area contributed by atoms with Crippen LogP contribution in [0.2, 0.25) is 0 Å². The molecule has 0 amide bonds. The zero-order valence-electron chi connectivity index (χ0n) is 9.96. The molecule has 86 valence electrons. The molecule has 0 aliphatic rings. The van der Waals surface area contributed by atoms with Crippen molar-refractivity contribution in [1.82, 2.24) is 0 Å². The Kier molecular flexibility index (Phi) is 9.42. The van der Waals surface area contributed by atoms with Gasteiger partial charge in [0.15, 0.2) is 0 Å². The van der Waals surface area contributed by atoms with Gasteiger partial charge in [0, 0.05) is 6.61 Å². The Hall–Kier alpha value is -0.0800. The first-order valence-electron chi connectivity index (χ1n) is 5.85. The minimum Gasteiger partial charge on any atom is -0.394 e. The summed E-state index contributed by atoms with van der Waals surface area (Å²) >= 11 is 0. The normalized spacial score (nSPS) is 13.5. The Bertz CT molecular complexity index is 113. The van der Waals surface area contributed by atoms with E-state index in [1.165, 1.54) is 19.3 Å². The highest BCUT2D eigenvalue weighted by Gasteiger charge is 2.02. The average Bonchev–Trinajstić information content (AvgIpc) is 2.12. The Morgan fingerprint density at radius 1 is 1.00 bits per heavy atom. The van der Waals surface area contributed by atoms with Crippen LogP contribution in [0.15, 0.2) is 0 Å². The minimum absolute atomic E-state index is 0.141. The summed E-state index contributed by atoms with van der Waals surface area (Å²) in [7, 11) is 0. The van der Waals surface area contributed by atoms with Gasteiger partial charge in [0.1, 0.15) is 0 Å². The highest BCUT2D eigenvalue weighted by Crippen LogP contribution is 2.14. The van der Waals surface area contributed by atoms with E-state index in [1.807, 2.05) is 0 Å². The smallest absolute Gasteiger partial charge is 0.0697 e. The van der Waals surface area contributed by atoms with Gasteiger partial charge in [-0.3, -0.25) is 0 Å². The maximum Gasteiger partial charge on any atom is 0.0697 e. The molecular formula is C12H26O2. The van der Waals surface area contributed by atoms with Gasteiger partial charge in [-0.25, -0.2) is 0 Å². The van der Waals surface area contributed by atoms with Crippen LogP contribution in [0.4, 0.5) is 0 Å². The van der Waals surface area contributed by atoms with Crippen LogP contribution in [0.1, 0.15) is 46.5 Å². The summed E-state index contributed by atoms with van der Waals surface area (Å²) in [6.45, 7) is 8.25. The highest BCUT2D eigenvalue weighted by molar-refractivity contribution is 4.54. The Labute approximate surface area is 88.7 Å². The lowest BCUT2D eigenvalue weighted by Crippen LogP contribution is -2.05. The van der Waals surface area contributed by atoms with E-state index in [-0.39, 0.29) is 6.61 Å². The van der Waals surface area contributed by atoms with Crippen molar-refractivity contribution in [3.63, 3.8) is 0 Å². The number of ether oxygens (including phenoxy) is 1. The highest BCUT2D eigenvalue weighted by atomic mass is 16.5. The summed E-state index contributed by atoms with van der Waals surface area (Å²) in [5.41, 5.74) is 0. The molecule has 0 aliphatic heterocycles. The van der Waals surface area contributed by atoms with E-state index >= 15 is 0 Å². The van der Waals surface area contributed by atoms with Gasteiger partial charge in [-0.15, -0.1) is 0 Å². The van der Waals surface area contributed by atoms with E-state index in [9.17, 15) is 0 Å². The summed E-state index contributed by atoms with van der Waals surface area (Å²) in [6.07, 6.45) is 5.10. The van der Waals surface area contributed by atoms with Gasteiger partial charge in [-0.05, 0) is 18.3 Å². The largest absolute Gasteiger partial charge is 0.394 e. The molecule has 0 aliphatic carbocycles. The molecule has 2 heteroatoms. The van der Waals surface area contributed by atoms with Crippen molar-refractivity contribution in [3.8, 4) is 0 Å². The maximum absolute atomic E-state index is 8.51. The zero-order valence-corrected chi connectivity index (χ0v) is 9.96. The molecule has 0 rings (SSSR count). The lowest BCUT2D eigenvalue weighted by Gasteiger charge is -2.12. The molecule has 0 unspecified atom stereocenters. The van der Waals surface area contributed by atoms with Crippen molar-refractivity contribution < 1.29 is 9.84 Å². The first kappa shape index (κ1) is 13.9. The molecule has 1 N–H and O–H groups in total. The minimum atomic E-state index is 0.141. The monoisotopic (exact) mass is 202 g/mol. The molecule has 0 saturated carbocycles. The topological polar surface area (TPSA) is 29.5 Å². The summed E-state index contributed by atoms with van der Waals surface area (Å²) in [6, 6.07) is 0. The van der Waals surface area contributed by atoms with Crippen molar-refractivity contribution in [2.75, 3.05) is 19.8 Å². The fraction of sp³-hybridized carbons (Fsp3) is 1.00. The van der Waals surface area contributed by atoms with Gasteiger partial charge in [0.2, 0.25) is 0 Å². The first-order chi connectivity index (χ1) is 6.66. The number of aliphatic hydroxyl groups is 1. The maximum atomic E-state index is 8.51. The van der Waals surface area contributed by atoms with Crippen LogP contribution in [0.25, 0.3) is 0 Å². The molecule has 0 aromatic heterocycles. The molecule has 0 heterocycles. The molecular weight excluding hydrogens is 176 g/mol. The van der Waals surface area contributed by atoms with Crippen LogP contribution in [0, 0.1) is 11.8 Å². The van der Waals surface area contributed by atoms with Gasteiger partial charge in [0.05, 0.1) is 13.2 Å². The number of hydrogen-bond acceptors (Lipinski definition) is 2. The van der Waals surface area contributed by atoms with E-state index in [0.29, 0.717) is 6.61 Å². The molecule has 0 aromatic rings. The predicted octanol–water partition coefficient (Wildman–Crippen LogP) is 2.85. The lowest BCUT2D eigenvalue weighted by molar-refractivity contribution is 0.0833. The summed E-state index contributed by atoms with van der Waals surface area (Å²) in [5, 5.41) is 8.51.